The smallest absolute Gasteiger partial charge is 0.288 e. The highest BCUT2D eigenvalue weighted by molar-refractivity contribution is 5.95. The molecule has 2 aromatic carbocycles. The molecule has 0 unspecified atom stereocenters. The van der Waals surface area contributed by atoms with Crippen molar-refractivity contribution >= 4 is 23.8 Å². The fourth-order valence-corrected chi connectivity index (χ4v) is 3.16. The number of hydrogen-bond donors (Lipinski definition) is 1. The third-order valence-electron chi connectivity index (χ3n) is 4.93. The fraction of sp³-hybridized carbons (Fsp3) is 0.261. The van der Waals surface area contributed by atoms with Crippen molar-refractivity contribution in [3.05, 3.63) is 71.6 Å². The van der Waals surface area contributed by atoms with Gasteiger partial charge in [0.1, 0.15) is 24.2 Å². The van der Waals surface area contributed by atoms with E-state index in [0.29, 0.717) is 31.4 Å². The van der Waals surface area contributed by atoms with Crippen LogP contribution in [0.25, 0.3) is 0 Å². The molecule has 0 aliphatic carbocycles. The molecule has 10 heteroatoms. The Morgan fingerprint density at radius 3 is 2.76 bits per heavy atom. The second-order valence-electron chi connectivity index (χ2n) is 7.28. The first-order valence-electron chi connectivity index (χ1n) is 10.3. The van der Waals surface area contributed by atoms with Crippen LogP contribution in [0, 0.1) is 5.82 Å². The van der Waals surface area contributed by atoms with E-state index in [-0.39, 0.29) is 24.1 Å². The maximum absolute atomic E-state index is 13.3. The van der Waals surface area contributed by atoms with Crippen molar-refractivity contribution < 1.29 is 23.5 Å². The Kier molecular flexibility index (Phi) is 7.85. The standard InChI is InChI=1S/C13H15NO3.C10H9FN4O/c1-14-11-9-10(3-2-7-15)4-5-12(11)17-8-6-13(14)16;11-8-4-2-1-3-7(8)5-15-6-13-10(14-15)9(12)16/h4-5,7,9H,2-3,6,8H2,1H3;1-4,6H,5H2,(H2,12,16). The van der Waals surface area contributed by atoms with Gasteiger partial charge in [-0.25, -0.2) is 14.1 Å². The predicted molar refractivity (Wildman–Crippen MR) is 118 cm³/mol. The number of halogens is 1. The SMILES string of the molecule is CN1C(=O)CCOc2ccc(CCC=O)cc21.NC(=O)c1ncn(Cc2ccccc2F)n1. The van der Waals surface area contributed by atoms with Crippen molar-refractivity contribution in [2.75, 3.05) is 18.6 Å². The van der Waals surface area contributed by atoms with Crippen LogP contribution >= 0.6 is 0 Å². The highest BCUT2D eigenvalue weighted by Crippen LogP contribution is 2.31. The second kappa shape index (κ2) is 11.0. The molecule has 0 spiro atoms. The van der Waals surface area contributed by atoms with Gasteiger partial charge >= 0.3 is 0 Å². The number of fused-ring (bicyclic) bond motifs is 1. The molecule has 9 nitrogen and oxygen atoms in total. The van der Waals surface area contributed by atoms with Gasteiger partial charge in [0.05, 0.1) is 25.3 Å². The molecule has 0 saturated heterocycles. The summed E-state index contributed by atoms with van der Waals surface area (Å²) in [4.78, 5) is 38.1. The summed E-state index contributed by atoms with van der Waals surface area (Å²) in [6, 6.07) is 12.1. The summed E-state index contributed by atoms with van der Waals surface area (Å²) in [6.45, 7) is 0.636. The first-order valence-corrected chi connectivity index (χ1v) is 10.3. The van der Waals surface area contributed by atoms with Crippen LogP contribution in [0.3, 0.4) is 0 Å². The number of ether oxygens (including phenoxy) is 1. The normalized spacial score (nSPS) is 12.7. The summed E-state index contributed by atoms with van der Waals surface area (Å²) in [6.07, 6.45) is 3.83. The molecule has 3 aromatic rings. The molecule has 0 radical (unpaired) electrons. The zero-order valence-corrected chi connectivity index (χ0v) is 18.1. The Hall–Kier alpha value is -4.08. The lowest BCUT2D eigenvalue weighted by Gasteiger charge is -2.17. The number of hydrogen-bond acceptors (Lipinski definition) is 6. The minimum atomic E-state index is -0.702. The lowest BCUT2D eigenvalue weighted by Crippen LogP contribution is -2.25. The minimum absolute atomic E-state index is 0.0521. The Balaban J connectivity index is 0.000000186. The molecule has 0 saturated carbocycles. The molecule has 2 amide bonds. The third kappa shape index (κ3) is 6.22. The van der Waals surface area contributed by atoms with E-state index in [4.69, 9.17) is 10.5 Å². The van der Waals surface area contributed by atoms with Crippen LogP contribution in [0.15, 0.2) is 48.8 Å². The van der Waals surface area contributed by atoms with Crippen LogP contribution in [0.1, 0.15) is 34.6 Å². The van der Waals surface area contributed by atoms with Gasteiger partial charge in [-0.3, -0.25) is 9.59 Å². The van der Waals surface area contributed by atoms with Gasteiger partial charge in [0.15, 0.2) is 0 Å². The van der Waals surface area contributed by atoms with Gasteiger partial charge in [-0.15, -0.1) is 5.10 Å². The topological polar surface area (TPSA) is 120 Å². The fourth-order valence-electron chi connectivity index (χ4n) is 3.16. The summed E-state index contributed by atoms with van der Waals surface area (Å²) in [5.74, 6) is -0.313. The van der Waals surface area contributed by atoms with Gasteiger partial charge in [-0.2, -0.15) is 0 Å². The Bertz CT molecular complexity index is 1150. The molecule has 4 rings (SSSR count). The van der Waals surface area contributed by atoms with Crippen molar-refractivity contribution in [2.45, 2.75) is 25.8 Å². The first kappa shape index (κ1) is 23.6. The van der Waals surface area contributed by atoms with E-state index >= 15 is 0 Å². The molecule has 33 heavy (non-hydrogen) atoms. The number of primary amides is 1. The average Bonchev–Trinajstić information content (AvgIpc) is 3.23. The molecular formula is C23H24FN5O4. The number of carbonyl (C=O) groups excluding carboxylic acids is 3. The largest absolute Gasteiger partial charge is 0.491 e. The second-order valence-corrected chi connectivity index (χ2v) is 7.28. The van der Waals surface area contributed by atoms with Gasteiger partial charge < -0.3 is 20.2 Å². The summed E-state index contributed by atoms with van der Waals surface area (Å²) < 4.78 is 20.2. The summed E-state index contributed by atoms with van der Waals surface area (Å²) >= 11 is 0. The van der Waals surface area contributed by atoms with Gasteiger partial charge in [-0.1, -0.05) is 24.3 Å². The number of benzene rings is 2. The number of aromatic nitrogens is 3. The molecule has 2 N–H and O–H groups in total. The molecule has 172 valence electrons. The summed E-state index contributed by atoms with van der Waals surface area (Å²) in [7, 11) is 1.75. The van der Waals surface area contributed by atoms with Crippen LogP contribution in [0.2, 0.25) is 0 Å². The number of aldehydes is 1. The Morgan fingerprint density at radius 2 is 2.06 bits per heavy atom. The maximum atomic E-state index is 13.3. The van der Waals surface area contributed by atoms with E-state index in [9.17, 15) is 18.8 Å². The zero-order chi connectivity index (χ0) is 23.8. The van der Waals surface area contributed by atoms with E-state index in [0.717, 1.165) is 23.3 Å². The molecule has 1 aliphatic rings. The van der Waals surface area contributed by atoms with Gasteiger partial charge in [0, 0.05) is 19.0 Å². The van der Waals surface area contributed by atoms with Crippen LogP contribution in [0.5, 0.6) is 5.75 Å². The van der Waals surface area contributed by atoms with Crippen molar-refractivity contribution in [3.8, 4) is 5.75 Å². The number of carbonyl (C=O) groups is 3. The Morgan fingerprint density at radius 1 is 1.27 bits per heavy atom. The van der Waals surface area contributed by atoms with E-state index in [1.54, 1.807) is 30.1 Å². The van der Waals surface area contributed by atoms with Crippen molar-refractivity contribution in [3.63, 3.8) is 0 Å². The monoisotopic (exact) mass is 453 g/mol. The Labute approximate surface area is 190 Å². The van der Waals surface area contributed by atoms with Gasteiger partial charge in [0.2, 0.25) is 11.7 Å². The van der Waals surface area contributed by atoms with Crippen LogP contribution in [-0.4, -0.2) is 46.5 Å². The minimum Gasteiger partial charge on any atom is -0.491 e. The quantitative estimate of drug-likeness (QED) is 0.571. The van der Waals surface area contributed by atoms with Gasteiger partial charge in [-0.05, 0) is 30.2 Å². The molecule has 2 heterocycles. The van der Waals surface area contributed by atoms with Gasteiger partial charge in [0.25, 0.3) is 5.91 Å². The number of rotatable bonds is 6. The lowest BCUT2D eigenvalue weighted by molar-refractivity contribution is -0.118. The lowest BCUT2D eigenvalue weighted by atomic mass is 10.1. The number of aryl methyl sites for hydroxylation is 1. The van der Waals surface area contributed by atoms with E-state index in [1.165, 1.54) is 17.1 Å². The molecule has 0 atom stereocenters. The molecule has 0 fully saturated rings. The van der Waals surface area contributed by atoms with E-state index < -0.39 is 5.91 Å². The number of nitrogens with zero attached hydrogens (tertiary/aromatic N) is 4. The van der Waals surface area contributed by atoms with Crippen LogP contribution < -0.4 is 15.4 Å². The van der Waals surface area contributed by atoms with Crippen LogP contribution in [-0.2, 0) is 22.6 Å². The molecule has 1 aromatic heterocycles. The highest BCUT2D eigenvalue weighted by atomic mass is 19.1. The van der Waals surface area contributed by atoms with Crippen molar-refractivity contribution in [1.29, 1.82) is 0 Å². The average molecular weight is 453 g/mol. The predicted octanol–water partition coefficient (Wildman–Crippen LogP) is 2.13. The molecule has 0 bridgehead atoms. The number of anilines is 1. The van der Waals surface area contributed by atoms with Crippen LogP contribution in [0.4, 0.5) is 10.1 Å². The summed E-state index contributed by atoms with van der Waals surface area (Å²) in [5.41, 5.74) is 7.30. The van der Waals surface area contributed by atoms with Crippen molar-refractivity contribution in [2.24, 2.45) is 5.73 Å². The molecule has 1 aliphatic heterocycles. The van der Waals surface area contributed by atoms with E-state index in [2.05, 4.69) is 10.1 Å². The molecular weight excluding hydrogens is 429 g/mol. The van der Waals surface area contributed by atoms with E-state index in [1.807, 2.05) is 18.2 Å². The van der Waals surface area contributed by atoms with Crippen molar-refractivity contribution in [1.82, 2.24) is 14.8 Å². The summed E-state index contributed by atoms with van der Waals surface area (Å²) in [5, 5.41) is 3.81. The maximum Gasteiger partial charge on any atom is 0.288 e. The third-order valence-corrected chi connectivity index (χ3v) is 4.93. The zero-order valence-electron chi connectivity index (χ0n) is 18.1. The number of amides is 2. The number of nitrogens with two attached hydrogens (primary N) is 1. The highest BCUT2D eigenvalue weighted by Gasteiger charge is 2.19. The first-order chi connectivity index (χ1) is 15.9.